The molecule has 4 rings (SSSR count). The van der Waals surface area contributed by atoms with Crippen molar-refractivity contribution in [1.29, 1.82) is 0 Å². The number of benzene rings is 2. The van der Waals surface area contributed by atoms with Gasteiger partial charge in [0, 0.05) is 23.2 Å². The molecule has 0 aliphatic carbocycles. The lowest BCUT2D eigenvalue weighted by atomic mass is 10.00. The van der Waals surface area contributed by atoms with E-state index in [0.29, 0.717) is 35.7 Å². The van der Waals surface area contributed by atoms with Crippen molar-refractivity contribution in [2.75, 3.05) is 6.61 Å². The summed E-state index contributed by atoms with van der Waals surface area (Å²) in [6.07, 6.45) is -3.67. The smallest absolute Gasteiger partial charge is 0.416 e. The van der Waals surface area contributed by atoms with Gasteiger partial charge in [0.2, 0.25) is 5.91 Å². The van der Waals surface area contributed by atoms with Gasteiger partial charge in [-0.3, -0.25) is 4.79 Å². The van der Waals surface area contributed by atoms with E-state index < -0.39 is 11.7 Å². The number of ether oxygens (including phenoxy) is 1. The van der Waals surface area contributed by atoms with E-state index in [1.807, 2.05) is 24.3 Å². The van der Waals surface area contributed by atoms with Crippen LogP contribution in [0.4, 0.5) is 13.2 Å². The summed E-state index contributed by atoms with van der Waals surface area (Å²) in [6, 6.07) is 12.5. The van der Waals surface area contributed by atoms with E-state index in [1.165, 1.54) is 10.7 Å². The molecule has 1 unspecified atom stereocenters. The predicted octanol–water partition coefficient (Wildman–Crippen LogP) is 4.69. The van der Waals surface area contributed by atoms with Crippen LogP contribution in [-0.4, -0.2) is 22.3 Å². The van der Waals surface area contributed by atoms with Crippen molar-refractivity contribution in [3.8, 4) is 11.4 Å². The average Bonchev–Trinajstić information content (AvgIpc) is 3.02. The summed E-state index contributed by atoms with van der Waals surface area (Å²) in [5.74, 6) is 0.597. The third-order valence-electron chi connectivity index (χ3n) is 5.49. The Morgan fingerprint density at radius 1 is 1.19 bits per heavy atom. The number of halogens is 3. The molecule has 1 aliphatic heterocycles. The lowest BCUT2D eigenvalue weighted by Gasteiger charge is -2.26. The number of nitrogens with zero attached hydrogens (tertiary/aromatic N) is 2. The Kier molecular flexibility index (Phi) is 5.47. The first-order valence-corrected chi connectivity index (χ1v) is 9.98. The Hall–Kier alpha value is -3.29. The lowest BCUT2D eigenvalue weighted by Crippen LogP contribution is -2.33. The molecule has 0 bridgehead atoms. The fourth-order valence-corrected chi connectivity index (χ4v) is 3.89. The van der Waals surface area contributed by atoms with Crippen molar-refractivity contribution in [1.82, 2.24) is 15.1 Å². The van der Waals surface area contributed by atoms with Crippen LogP contribution in [0.1, 0.15) is 40.5 Å². The van der Waals surface area contributed by atoms with Gasteiger partial charge < -0.3 is 10.1 Å². The quantitative estimate of drug-likeness (QED) is 0.655. The first-order chi connectivity index (χ1) is 14.7. The molecule has 1 atom stereocenters. The van der Waals surface area contributed by atoms with Gasteiger partial charge in [0.1, 0.15) is 5.75 Å². The maximum atomic E-state index is 13.1. The van der Waals surface area contributed by atoms with Gasteiger partial charge in [-0.1, -0.05) is 24.3 Å². The number of aromatic nitrogens is 2. The fraction of sp³-hybridized carbons (Fsp3) is 0.304. The summed E-state index contributed by atoms with van der Waals surface area (Å²) in [5, 5.41) is 7.44. The summed E-state index contributed by atoms with van der Waals surface area (Å²) >= 11 is 0. The first kappa shape index (κ1) is 21.0. The van der Waals surface area contributed by atoms with Crippen LogP contribution in [0, 0.1) is 13.8 Å². The van der Waals surface area contributed by atoms with Crippen molar-refractivity contribution in [2.45, 2.75) is 38.9 Å². The second-order valence-corrected chi connectivity index (χ2v) is 7.58. The van der Waals surface area contributed by atoms with E-state index in [1.54, 1.807) is 19.9 Å². The molecule has 1 aliphatic rings. The summed E-state index contributed by atoms with van der Waals surface area (Å²) in [5.41, 5.74) is 2.46. The van der Waals surface area contributed by atoms with Crippen LogP contribution in [0.2, 0.25) is 0 Å². The Bertz CT molecular complexity index is 1120. The predicted molar refractivity (Wildman–Crippen MR) is 109 cm³/mol. The number of alkyl halides is 3. The largest absolute Gasteiger partial charge is 0.493 e. The summed E-state index contributed by atoms with van der Waals surface area (Å²) < 4.78 is 46.3. The Labute approximate surface area is 177 Å². The minimum absolute atomic E-state index is 0.0934. The third-order valence-corrected chi connectivity index (χ3v) is 5.49. The van der Waals surface area contributed by atoms with Gasteiger partial charge in [-0.25, -0.2) is 4.68 Å². The molecular formula is C23H22F3N3O2. The molecule has 0 spiro atoms. The monoisotopic (exact) mass is 429 g/mol. The van der Waals surface area contributed by atoms with Crippen LogP contribution in [0.15, 0.2) is 48.5 Å². The molecule has 0 radical (unpaired) electrons. The van der Waals surface area contributed by atoms with Crippen molar-refractivity contribution >= 4 is 5.91 Å². The Morgan fingerprint density at radius 2 is 1.97 bits per heavy atom. The van der Waals surface area contributed by atoms with Crippen molar-refractivity contribution in [3.63, 3.8) is 0 Å². The van der Waals surface area contributed by atoms with E-state index in [-0.39, 0.29) is 18.4 Å². The molecule has 5 nitrogen and oxygen atoms in total. The van der Waals surface area contributed by atoms with Gasteiger partial charge in [0.25, 0.3) is 0 Å². The number of rotatable bonds is 4. The zero-order chi connectivity index (χ0) is 22.2. The topological polar surface area (TPSA) is 56.2 Å². The van der Waals surface area contributed by atoms with E-state index in [4.69, 9.17) is 4.74 Å². The number of fused-ring (bicyclic) bond motifs is 1. The Morgan fingerprint density at radius 3 is 2.74 bits per heavy atom. The van der Waals surface area contributed by atoms with Crippen molar-refractivity contribution in [3.05, 3.63) is 76.6 Å². The minimum atomic E-state index is -4.44. The highest BCUT2D eigenvalue weighted by atomic mass is 19.4. The molecule has 1 N–H and O–H groups in total. The van der Waals surface area contributed by atoms with Gasteiger partial charge in [-0.2, -0.15) is 18.3 Å². The molecule has 1 amide bonds. The molecule has 0 fully saturated rings. The van der Waals surface area contributed by atoms with Crippen molar-refractivity contribution < 1.29 is 22.7 Å². The number of hydrogen-bond acceptors (Lipinski definition) is 3. The second-order valence-electron chi connectivity index (χ2n) is 7.58. The molecule has 162 valence electrons. The standard InChI is InChI=1S/C23H22F3N3O2/c1-14-19(13-22(30)27-20-10-11-31-21-9-4-3-8-18(20)21)15(2)29(28-14)17-7-5-6-16(12-17)23(24,25)26/h3-9,12,20H,10-11,13H2,1-2H3,(H,27,30). The summed E-state index contributed by atoms with van der Waals surface area (Å²) in [6.45, 7) is 4.03. The van der Waals surface area contributed by atoms with Crippen molar-refractivity contribution in [2.24, 2.45) is 0 Å². The minimum Gasteiger partial charge on any atom is -0.493 e. The first-order valence-electron chi connectivity index (χ1n) is 9.98. The number of amides is 1. The highest BCUT2D eigenvalue weighted by Crippen LogP contribution is 2.32. The average molecular weight is 429 g/mol. The highest BCUT2D eigenvalue weighted by molar-refractivity contribution is 5.79. The summed E-state index contributed by atoms with van der Waals surface area (Å²) in [7, 11) is 0. The molecule has 31 heavy (non-hydrogen) atoms. The maximum Gasteiger partial charge on any atom is 0.416 e. The molecule has 3 aromatic rings. The molecule has 1 aromatic heterocycles. The molecule has 0 saturated carbocycles. The zero-order valence-electron chi connectivity index (χ0n) is 17.2. The van der Waals surface area contributed by atoms with Crippen LogP contribution < -0.4 is 10.1 Å². The molecule has 2 heterocycles. The summed E-state index contributed by atoms with van der Waals surface area (Å²) in [4.78, 5) is 12.8. The van der Waals surface area contributed by atoms with Gasteiger partial charge in [-0.05, 0) is 38.1 Å². The number of carbonyl (C=O) groups is 1. The van der Waals surface area contributed by atoms with E-state index in [2.05, 4.69) is 10.4 Å². The molecular weight excluding hydrogens is 407 g/mol. The van der Waals surface area contributed by atoms with Gasteiger partial charge in [0.15, 0.2) is 0 Å². The lowest BCUT2D eigenvalue weighted by molar-refractivity contribution is -0.137. The molecule has 8 heteroatoms. The van der Waals surface area contributed by atoms with Gasteiger partial charge >= 0.3 is 6.18 Å². The zero-order valence-corrected chi connectivity index (χ0v) is 17.2. The van der Waals surface area contributed by atoms with Crippen LogP contribution >= 0.6 is 0 Å². The fourth-order valence-electron chi connectivity index (χ4n) is 3.89. The van der Waals surface area contributed by atoms with Gasteiger partial charge in [-0.15, -0.1) is 0 Å². The van der Waals surface area contributed by atoms with Crippen LogP contribution in [-0.2, 0) is 17.4 Å². The number of para-hydroxylation sites is 1. The second kappa shape index (κ2) is 8.09. The molecule has 2 aromatic carbocycles. The number of carbonyl (C=O) groups excluding carboxylic acids is 1. The third kappa shape index (κ3) is 4.28. The Balaban J connectivity index is 1.54. The normalized spacial score (nSPS) is 15.8. The van der Waals surface area contributed by atoms with E-state index in [9.17, 15) is 18.0 Å². The van der Waals surface area contributed by atoms with E-state index >= 15 is 0 Å². The molecule has 0 saturated heterocycles. The van der Waals surface area contributed by atoms with Crippen LogP contribution in [0.3, 0.4) is 0 Å². The van der Waals surface area contributed by atoms with Crippen LogP contribution in [0.5, 0.6) is 5.75 Å². The maximum absolute atomic E-state index is 13.1. The SMILES string of the molecule is Cc1nn(-c2cccc(C(F)(F)F)c2)c(C)c1CC(=O)NC1CCOc2ccccc21. The number of nitrogens with one attached hydrogen (secondary N) is 1. The highest BCUT2D eigenvalue weighted by Gasteiger charge is 2.31. The van der Waals surface area contributed by atoms with Gasteiger partial charge in [0.05, 0.1) is 36.0 Å². The van der Waals surface area contributed by atoms with E-state index in [0.717, 1.165) is 23.4 Å². The number of hydrogen-bond donors (Lipinski definition) is 1. The number of aryl methyl sites for hydroxylation is 1. The van der Waals surface area contributed by atoms with Crippen LogP contribution in [0.25, 0.3) is 5.69 Å².